The molecule has 1 N–H and O–H groups in total. The number of nitrogens with zero attached hydrogens (tertiary/aromatic N) is 1. The Labute approximate surface area is 267 Å². The van der Waals surface area contributed by atoms with Crippen LogP contribution in [0.5, 0.6) is 11.5 Å². The second-order valence-corrected chi connectivity index (χ2v) is 12.2. The Morgan fingerprint density at radius 3 is 1.91 bits per heavy atom. The molecule has 216 valence electrons. The molecule has 10 rings (SSSR count). The topological polar surface area (TPSA) is 26.2 Å². The highest BCUT2D eigenvalue weighted by atomic mass is 16.5. The smallest absolute Gasteiger partial charge is 0.134 e. The van der Waals surface area contributed by atoms with E-state index >= 15 is 0 Å². The Hall–Kier alpha value is -6.06. The molecule has 7 aromatic carbocycles. The average Bonchev–Trinajstić information content (AvgIpc) is 3.61. The van der Waals surface area contributed by atoms with E-state index in [-0.39, 0.29) is 0 Å². The highest BCUT2D eigenvalue weighted by Crippen LogP contribution is 2.62. The molecule has 2 heterocycles. The summed E-state index contributed by atoms with van der Waals surface area (Å²) in [5, 5.41) is 6.21. The van der Waals surface area contributed by atoms with Crippen molar-refractivity contribution in [2.24, 2.45) is 0 Å². The maximum atomic E-state index is 6.75. The predicted octanol–water partition coefficient (Wildman–Crippen LogP) is 11.0. The van der Waals surface area contributed by atoms with Gasteiger partial charge in [-0.05, 0) is 64.7 Å². The first kappa shape index (κ1) is 25.3. The maximum absolute atomic E-state index is 6.75. The van der Waals surface area contributed by atoms with Gasteiger partial charge in [0.05, 0.1) is 16.4 Å². The number of nitrogens with one attached hydrogen (secondary N) is 1. The van der Waals surface area contributed by atoms with E-state index in [9.17, 15) is 0 Å². The van der Waals surface area contributed by atoms with Crippen molar-refractivity contribution >= 4 is 33.2 Å². The van der Waals surface area contributed by atoms with Crippen LogP contribution in [0.1, 0.15) is 22.3 Å². The summed E-state index contributed by atoms with van der Waals surface area (Å²) in [6.07, 6.45) is 0. The molecule has 0 saturated carbocycles. The van der Waals surface area contributed by atoms with Crippen LogP contribution in [0.2, 0.25) is 0 Å². The SMILES string of the molecule is c1ccc(-n2c3ccccc3c3c(Nc4ccc5c(c4)Oc4ccccc4C54c5ccccc5-c5ccccc54)cccc32)cc1. The zero-order valence-corrected chi connectivity index (χ0v) is 24.9. The molecular formula is C43H28N2O. The van der Waals surface area contributed by atoms with Crippen LogP contribution in [0.4, 0.5) is 11.4 Å². The van der Waals surface area contributed by atoms with Gasteiger partial charge in [0, 0.05) is 45.0 Å². The van der Waals surface area contributed by atoms with Gasteiger partial charge in [-0.25, -0.2) is 0 Å². The molecular weight excluding hydrogens is 560 g/mol. The number of para-hydroxylation sites is 3. The molecule has 0 unspecified atom stereocenters. The molecule has 3 heteroatoms. The maximum Gasteiger partial charge on any atom is 0.134 e. The lowest BCUT2D eigenvalue weighted by atomic mass is 9.66. The quantitative estimate of drug-likeness (QED) is 0.222. The number of fused-ring (bicyclic) bond motifs is 12. The molecule has 0 saturated heterocycles. The molecule has 0 amide bonds. The van der Waals surface area contributed by atoms with E-state index in [0.29, 0.717) is 0 Å². The standard InChI is InChI=1S/C43H28N2O/c1-2-13-29(14-3-1)45-38-22-10-6-17-32(38)42-37(21-12-23-39(42)45)44-28-25-26-36-41(27-28)46-40-24-11-9-20-35(40)43(36)33-18-7-4-15-30(33)31-16-5-8-19-34(31)43/h1-27,44H. The highest BCUT2D eigenvalue weighted by Gasteiger charge is 2.50. The first-order chi connectivity index (χ1) is 22.8. The fourth-order valence-electron chi connectivity index (χ4n) is 8.07. The van der Waals surface area contributed by atoms with Gasteiger partial charge in [0.2, 0.25) is 0 Å². The van der Waals surface area contributed by atoms with E-state index in [0.717, 1.165) is 34.1 Å². The van der Waals surface area contributed by atoms with Crippen LogP contribution in [0.3, 0.4) is 0 Å². The van der Waals surface area contributed by atoms with Gasteiger partial charge in [0.1, 0.15) is 11.5 Å². The molecule has 46 heavy (non-hydrogen) atoms. The first-order valence-electron chi connectivity index (χ1n) is 15.8. The summed E-state index contributed by atoms with van der Waals surface area (Å²) < 4.78 is 9.10. The monoisotopic (exact) mass is 588 g/mol. The third kappa shape index (κ3) is 3.32. The zero-order valence-electron chi connectivity index (χ0n) is 24.9. The lowest BCUT2D eigenvalue weighted by Crippen LogP contribution is -2.32. The fraction of sp³-hybridized carbons (Fsp3) is 0.0233. The summed E-state index contributed by atoms with van der Waals surface area (Å²) in [5.74, 6) is 1.76. The summed E-state index contributed by atoms with van der Waals surface area (Å²) in [4.78, 5) is 0. The third-order valence-corrected chi connectivity index (χ3v) is 9.84. The van der Waals surface area contributed by atoms with Crippen molar-refractivity contribution in [3.05, 3.63) is 186 Å². The second kappa shape index (κ2) is 9.47. The summed E-state index contributed by atoms with van der Waals surface area (Å²) in [7, 11) is 0. The highest BCUT2D eigenvalue weighted by molar-refractivity contribution is 6.15. The van der Waals surface area contributed by atoms with E-state index in [4.69, 9.17) is 4.74 Å². The van der Waals surface area contributed by atoms with Crippen LogP contribution in [0, 0.1) is 0 Å². The van der Waals surface area contributed by atoms with Gasteiger partial charge in [0.25, 0.3) is 0 Å². The Morgan fingerprint density at radius 1 is 0.478 bits per heavy atom. The molecule has 1 aromatic heterocycles. The number of benzene rings is 7. The van der Waals surface area contributed by atoms with Gasteiger partial charge < -0.3 is 14.6 Å². The molecule has 8 aromatic rings. The molecule has 1 aliphatic heterocycles. The van der Waals surface area contributed by atoms with Crippen molar-refractivity contribution in [1.29, 1.82) is 0 Å². The number of rotatable bonds is 3. The molecule has 0 fully saturated rings. The predicted molar refractivity (Wildman–Crippen MR) is 188 cm³/mol. The summed E-state index contributed by atoms with van der Waals surface area (Å²) in [5.41, 5.74) is 12.6. The van der Waals surface area contributed by atoms with Crippen molar-refractivity contribution in [2.75, 3.05) is 5.32 Å². The van der Waals surface area contributed by atoms with Crippen molar-refractivity contribution in [1.82, 2.24) is 4.57 Å². The molecule has 0 radical (unpaired) electrons. The Kier molecular flexibility index (Phi) is 5.20. The van der Waals surface area contributed by atoms with E-state index in [1.54, 1.807) is 0 Å². The van der Waals surface area contributed by atoms with Gasteiger partial charge in [-0.3, -0.25) is 0 Å². The van der Waals surface area contributed by atoms with Gasteiger partial charge in [-0.15, -0.1) is 0 Å². The van der Waals surface area contributed by atoms with E-state index < -0.39 is 5.41 Å². The molecule has 3 nitrogen and oxygen atoms in total. The molecule has 1 spiro atoms. The number of anilines is 2. The average molecular weight is 589 g/mol. The van der Waals surface area contributed by atoms with Crippen LogP contribution < -0.4 is 10.1 Å². The van der Waals surface area contributed by atoms with Gasteiger partial charge in [0.15, 0.2) is 0 Å². The summed E-state index contributed by atoms with van der Waals surface area (Å²) in [6, 6.07) is 58.6. The summed E-state index contributed by atoms with van der Waals surface area (Å²) in [6.45, 7) is 0. The Bertz CT molecular complexity index is 2440. The largest absolute Gasteiger partial charge is 0.457 e. The zero-order chi connectivity index (χ0) is 30.2. The van der Waals surface area contributed by atoms with Crippen LogP contribution in [0.25, 0.3) is 38.6 Å². The van der Waals surface area contributed by atoms with Crippen LogP contribution >= 0.6 is 0 Å². The Morgan fingerprint density at radius 2 is 1.11 bits per heavy atom. The fourth-order valence-corrected chi connectivity index (χ4v) is 8.07. The van der Waals surface area contributed by atoms with E-state index in [1.807, 2.05) is 0 Å². The third-order valence-electron chi connectivity index (χ3n) is 9.84. The lowest BCUT2D eigenvalue weighted by molar-refractivity contribution is 0.436. The van der Waals surface area contributed by atoms with Crippen molar-refractivity contribution < 1.29 is 4.74 Å². The minimum atomic E-state index is -0.459. The molecule has 1 aliphatic carbocycles. The van der Waals surface area contributed by atoms with Crippen molar-refractivity contribution in [3.8, 4) is 28.3 Å². The van der Waals surface area contributed by atoms with Crippen molar-refractivity contribution in [2.45, 2.75) is 5.41 Å². The molecule has 0 atom stereocenters. The number of aromatic nitrogens is 1. The number of hydrogen-bond donors (Lipinski definition) is 1. The van der Waals surface area contributed by atoms with E-state index in [2.05, 4.69) is 174 Å². The van der Waals surface area contributed by atoms with Crippen molar-refractivity contribution in [3.63, 3.8) is 0 Å². The summed E-state index contributed by atoms with van der Waals surface area (Å²) >= 11 is 0. The lowest BCUT2D eigenvalue weighted by Gasteiger charge is -2.39. The minimum absolute atomic E-state index is 0.459. The Balaban J connectivity index is 1.17. The first-order valence-corrected chi connectivity index (χ1v) is 15.8. The van der Waals surface area contributed by atoms with E-state index in [1.165, 1.54) is 49.6 Å². The number of hydrogen-bond acceptors (Lipinski definition) is 2. The molecule has 0 bridgehead atoms. The second-order valence-electron chi connectivity index (χ2n) is 12.2. The normalized spacial score (nSPS) is 13.6. The van der Waals surface area contributed by atoms with Crippen LogP contribution in [0.15, 0.2) is 164 Å². The van der Waals surface area contributed by atoms with Gasteiger partial charge in [-0.2, -0.15) is 0 Å². The van der Waals surface area contributed by atoms with Gasteiger partial charge in [-0.1, -0.05) is 115 Å². The number of ether oxygens (including phenoxy) is 1. The van der Waals surface area contributed by atoms with Crippen LogP contribution in [-0.4, -0.2) is 4.57 Å². The minimum Gasteiger partial charge on any atom is -0.457 e. The van der Waals surface area contributed by atoms with Gasteiger partial charge >= 0.3 is 0 Å². The van der Waals surface area contributed by atoms with Crippen LogP contribution in [-0.2, 0) is 5.41 Å². The molecule has 2 aliphatic rings.